The van der Waals surface area contributed by atoms with Gasteiger partial charge >= 0.3 is 5.97 Å². The fourth-order valence-electron chi connectivity index (χ4n) is 3.41. The first-order chi connectivity index (χ1) is 11.2. The van der Waals surface area contributed by atoms with Gasteiger partial charge < -0.3 is 9.47 Å². The lowest BCUT2D eigenvalue weighted by Gasteiger charge is -2.32. The lowest BCUT2D eigenvalue weighted by atomic mass is 9.83. The number of hydrogen-bond acceptors (Lipinski definition) is 3. The molecule has 1 aliphatic heterocycles. The molecule has 1 spiro atoms. The first-order valence-corrected chi connectivity index (χ1v) is 7.80. The minimum atomic E-state index is -3.60. The third-order valence-electron chi connectivity index (χ3n) is 4.98. The lowest BCUT2D eigenvalue weighted by molar-refractivity contribution is -0.200. The van der Waals surface area contributed by atoms with Crippen LogP contribution >= 0.6 is 0 Å². The second kappa shape index (κ2) is 5.72. The van der Waals surface area contributed by atoms with E-state index in [1.54, 1.807) is 12.1 Å². The zero-order chi connectivity index (χ0) is 17.6. The average molecular weight is 346 g/mol. The van der Waals surface area contributed by atoms with Gasteiger partial charge in [0.1, 0.15) is 0 Å². The minimum absolute atomic E-state index is 0.00640. The summed E-state index contributed by atoms with van der Waals surface area (Å²) in [6.07, 6.45) is -0.596. The molecule has 1 aromatic carbocycles. The van der Waals surface area contributed by atoms with Gasteiger partial charge in [-0.05, 0) is 37.0 Å². The van der Waals surface area contributed by atoms with Crippen molar-refractivity contribution < 1.29 is 31.8 Å². The van der Waals surface area contributed by atoms with Gasteiger partial charge in [0.2, 0.25) is 5.60 Å². The summed E-state index contributed by atoms with van der Waals surface area (Å²) in [6.45, 7) is -0.606. The number of carbonyl (C=O) groups is 1. The van der Waals surface area contributed by atoms with E-state index in [1.165, 1.54) is 19.2 Å². The molecule has 2 aliphatic rings. The number of hydrogen-bond donors (Lipinski definition) is 0. The van der Waals surface area contributed by atoms with Crippen LogP contribution in [0.5, 0.6) is 0 Å². The fraction of sp³-hybridized carbons (Fsp3) is 0.588. The van der Waals surface area contributed by atoms with Crippen molar-refractivity contribution in [2.24, 2.45) is 5.92 Å². The summed E-state index contributed by atoms with van der Waals surface area (Å²) >= 11 is 0. The summed E-state index contributed by atoms with van der Waals surface area (Å²) in [5.41, 5.74) is -1.77. The summed E-state index contributed by atoms with van der Waals surface area (Å²) in [4.78, 5) is 11.4. The van der Waals surface area contributed by atoms with E-state index < -0.39 is 42.4 Å². The van der Waals surface area contributed by atoms with E-state index >= 15 is 0 Å². The number of halogens is 4. The van der Waals surface area contributed by atoms with E-state index in [-0.39, 0.29) is 19.3 Å². The Morgan fingerprint density at radius 3 is 2.42 bits per heavy atom. The van der Waals surface area contributed by atoms with E-state index in [1.807, 2.05) is 0 Å². The number of esters is 1. The van der Waals surface area contributed by atoms with Crippen molar-refractivity contribution in [3.8, 4) is 0 Å². The van der Waals surface area contributed by atoms with Gasteiger partial charge in [0, 0.05) is 12.3 Å². The van der Waals surface area contributed by atoms with Crippen LogP contribution in [-0.4, -0.2) is 37.1 Å². The molecule has 0 amide bonds. The number of carbonyl (C=O) groups excluding carboxylic acids is 1. The lowest BCUT2D eigenvalue weighted by Crippen LogP contribution is -2.53. The van der Waals surface area contributed by atoms with Gasteiger partial charge in [0.25, 0.3) is 11.8 Å². The molecule has 2 atom stereocenters. The van der Waals surface area contributed by atoms with Crippen molar-refractivity contribution in [2.45, 2.75) is 43.1 Å². The van der Waals surface area contributed by atoms with Crippen molar-refractivity contribution in [1.29, 1.82) is 0 Å². The molecule has 1 aliphatic carbocycles. The number of epoxide rings is 1. The Morgan fingerprint density at radius 2 is 1.88 bits per heavy atom. The molecule has 24 heavy (non-hydrogen) atoms. The molecule has 132 valence electrons. The molecule has 1 saturated carbocycles. The van der Waals surface area contributed by atoms with Crippen molar-refractivity contribution in [3.63, 3.8) is 0 Å². The van der Waals surface area contributed by atoms with Gasteiger partial charge in [-0.3, -0.25) is 0 Å². The zero-order valence-electron chi connectivity index (χ0n) is 13.2. The van der Waals surface area contributed by atoms with Crippen LogP contribution in [0.3, 0.4) is 0 Å². The molecule has 0 N–H and O–H groups in total. The average Bonchev–Trinajstić information content (AvgIpc) is 3.36. The van der Waals surface area contributed by atoms with Crippen molar-refractivity contribution >= 4 is 5.97 Å². The molecule has 1 heterocycles. The first-order valence-electron chi connectivity index (χ1n) is 7.80. The summed E-state index contributed by atoms with van der Waals surface area (Å²) in [6, 6.07) is 6.06. The molecule has 2 fully saturated rings. The highest BCUT2D eigenvalue weighted by molar-refractivity contribution is 5.89. The van der Waals surface area contributed by atoms with E-state index in [0.717, 1.165) is 0 Å². The number of rotatable bonds is 3. The third kappa shape index (κ3) is 2.59. The molecular formula is C17H18F4O3. The van der Waals surface area contributed by atoms with Crippen LogP contribution in [0.4, 0.5) is 17.6 Å². The van der Waals surface area contributed by atoms with E-state index in [4.69, 9.17) is 0 Å². The number of alkyl halides is 4. The maximum atomic E-state index is 14.7. The minimum Gasteiger partial charge on any atom is -0.465 e. The summed E-state index contributed by atoms with van der Waals surface area (Å²) in [7, 11) is 1.25. The Bertz CT molecular complexity index is 623. The molecule has 2 unspecified atom stereocenters. The largest absolute Gasteiger partial charge is 0.465 e. The number of benzene rings is 1. The maximum absolute atomic E-state index is 14.7. The van der Waals surface area contributed by atoms with E-state index in [2.05, 4.69) is 9.47 Å². The van der Waals surface area contributed by atoms with Gasteiger partial charge in [-0.25, -0.2) is 22.4 Å². The van der Waals surface area contributed by atoms with Crippen LogP contribution in [0.1, 0.15) is 35.2 Å². The Hall–Kier alpha value is -1.63. The normalized spacial score (nSPS) is 30.6. The summed E-state index contributed by atoms with van der Waals surface area (Å²) in [5.74, 6) is -8.86. The Morgan fingerprint density at radius 1 is 1.25 bits per heavy atom. The molecule has 0 radical (unpaired) electrons. The molecule has 1 saturated heterocycles. The molecule has 0 aromatic heterocycles. The molecular weight excluding hydrogens is 328 g/mol. The van der Waals surface area contributed by atoms with E-state index in [9.17, 15) is 22.4 Å². The van der Waals surface area contributed by atoms with E-state index in [0.29, 0.717) is 11.1 Å². The fourth-order valence-corrected chi connectivity index (χ4v) is 3.41. The van der Waals surface area contributed by atoms with Crippen LogP contribution in [0.2, 0.25) is 0 Å². The van der Waals surface area contributed by atoms with Crippen LogP contribution in [0, 0.1) is 5.92 Å². The topological polar surface area (TPSA) is 38.8 Å². The molecule has 1 aromatic rings. The van der Waals surface area contributed by atoms with Crippen molar-refractivity contribution in [1.82, 2.24) is 0 Å². The summed E-state index contributed by atoms with van der Waals surface area (Å²) in [5, 5.41) is 0. The quantitative estimate of drug-likeness (QED) is 0.474. The zero-order valence-corrected chi connectivity index (χ0v) is 13.2. The van der Waals surface area contributed by atoms with Crippen molar-refractivity contribution in [3.05, 3.63) is 35.4 Å². The monoisotopic (exact) mass is 346 g/mol. The second-order valence-corrected chi connectivity index (χ2v) is 6.42. The second-order valence-electron chi connectivity index (χ2n) is 6.42. The smallest absolute Gasteiger partial charge is 0.337 e. The van der Waals surface area contributed by atoms with Gasteiger partial charge in [0.05, 0.1) is 19.3 Å². The van der Waals surface area contributed by atoms with Crippen LogP contribution < -0.4 is 0 Å². The predicted molar refractivity (Wildman–Crippen MR) is 77.4 cm³/mol. The molecule has 7 heteroatoms. The Kier molecular flexibility index (Phi) is 4.10. The van der Waals surface area contributed by atoms with Crippen LogP contribution in [-0.2, 0) is 15.9 Å². The van der Waals surface area contributed by atoms with Crippen molar-refractivity contribution in [2.75, 3.05) is 13.7 Å². The standard InChI is InChI=1S/C17H18F4O3/c1-23-14(22)12-6-4-11(5-7-12)9-13-3-2-8-16(18,19)15(10-24-15)17(13,20)21/h4-7,13H,2-3,8-10H2,1H3. The van der Waals surface area contributed by atoms with Crippen LogP contribution in [0.15, 0.2) is 24.3 Å². The number of ether oxygens (including phenoxy) is 2. The highest BCUT2D eigenvalue weighted by atomic mass is 19.3. The summed E-state index contributed by atoms with van der Waals surface area (Å²) < 4.78 is 66.7. The molecule has 3 nitrogen and oxygen atoms in total. The number of methoxy groups -OCH3 is 1. The third-order valence-corrected chi connectivity index (χ3v) is 4.98. The molecule has 3 rings (SSSR count). The maximum Gasteiger partial charge on any atom is 0.337 e. The highest BCUT2D eigenvalue weighted by Gasteiger charge is 2.79. The SMILES string of the molecule is COC(=O)c1ccc(CC2CCCC(F)(F)C3(CO3)C2(F)F)cc1. The molecule has 0 bridgehead atoms. The van der Waals surface area contributed by atoms with Crippen LogP contribution in [0.25, 0.3) is 0 Å². The van der Waals surface area contributed by atoms with Gasteiger partial charge in [-0.1, -0.05) is 12.1 Å². The Balaban J connectivity index is 1.81. The van der Waals surface area contributed by atoms with Gasteiger partial charge in [-0.15, -0.1) is 0 Å². The highest BCUT2D eigenvalue weighted by Crippen LogP contribution is 2.60. The van der Waals surface area contributed by atoms with Gasteiger partial charge in [0.15, 0.2) is 0 Å². The predicted octanol–water partition coefficient (Wildman–Crippen LogP) is 3.86. The van der Waals surface area contributed by atoms with Gasteiger partial charge in [-0.2, -0.15) is 0 Å². The Labute approximate surface area is 136 Å². The first kappa shape index (κ1) is 17.2.